The van der Waals surface area contributed by atoms with Gasteiger partial charge in [0.2, 0.25) is 0 Å². The van der Waals surface area contributed by atoms with Gasteiger partial charge in [0.15, 0.2) is 0 Å². The van der Waals surface area contributed by atoms with Gasteiger partial charge in [-0.2, -0.15) is 0 Å². The molecule has 0 aliphatic heterocycles. The first kappa shape index (κ1) is 32.0. The number of hydrogen-bond acceptors (Lipinski definition) is 1. The Morgan fingerprint density at radius 1 is 0.509 bits per heavy atom. The SMILES string of the molecule is C1=CC2=c3ccccc3=CC(c3ccc(N(c4ccc(-c5cc6ccccc6c6ccccc56)cc4)c4c5c(cc6ccccc46)CCCC5)cc3)C2C=C1. The van der Waals surface area contributed by atoms with E-state index in [0.717, 1.165) is 12.8 Å². The van der Waals surface area contributed by atoms with Crippen LogP contribution in [0.1, 0.15) is 35.4 Å². The molecule has 55 heavy (non-hydrogen) atoms. The molecular formula is C54H41N. The Labute approximate surface area is 322 Å². The molecule has 0 amide bonds. The van der Waals surface area contributed by atoms with Gasteiger partial charge in [-0.3, -0.25) is 0 Å². The van der Waals surface area contributed by atoms with Gasteiger partial charge in [-0.15, -0.1) is 0 Å². The van der Waals surface area contributed by atoms with Gasteiger partial charge in [-0.05, 0) is 127 Å². The summed E-state index contributed by atoms with van der Waals surface area (Å²) in [4.78, 5) is 2.55. The van der Waals surface area contributed by atoms with E-state index in [-0.39, 0.29) is 5.92 Å². The highest BCUT2D eigenvalue weighted by atomic mass is 15.1. The minimum Gasteiger partial charge on any atom is -0.310 e. The molecule has 11 rings (SSSR count). The molecule has 0 N–H and O–H groups in total. The third kappa shape index (κ3) is 5.37. The average molecular weight is 704 g/mol. The summed E-state index contributed by atoms with van der Waals surface area (Å²) in [6.07, 6.45) is 16.3. The van der Waals surface area contributed by atoms with E-state index in [4.69, 9.17) is 0 Å². The van der Waals surface area contributed by atoms with Crippen LogP contribution < -0.4 is 15.3 Å². The van der Waals surface area contributed by atoms with Gasteiger partial charge < -0.3 is 4.90 Å². The Balaban J connectivity index is 1.07. The lowest BCUT2D eigenvalue weighted by Crippen LogP contribution is -2.35. The lowest BCUT2D eigenvalue weighted by molar-refractivity contribution is 0.687. The van der Waals surface area contributed by atoms with E-state index in [9.17, 15) is 0 Å². The largest absolute Gasteiger partial charge is 0.310 e. The van der Waals surface area contributed by atoms with Crippen LogP contribution in [0, 0.1) is 5.92 Å². The highest BCUT2D eigenvalue weighted by Gasteiger charge is 2.28. The molecule has 0 saturated carbocycles. The molecule has 3 aliphatic carbocycles. The Hall–Kier alpha value is -6.44. The van der Waals surface area contributed by atoms with Crippen molar-refractivity contribution >= 4 is 61.0 Å². The highest BCUT2D eigenvalue weighted by molar-refractivity contribution is 6.14. The van der Waals surface area contributed by atoms with Crippen molar-refractivity contribution in [2.75, 3.05) is 4.90 Å². The van der Waals surface area contributed by atoms with E-state index in [0.29, 0.717) is 5.92 Å². The fraction of sp³-hybridized carbons (Fsp3) is 0.111. The van der Waals surface area contributed by atoms with Crippen molar-refractivity contribution in [3.05, 3.63) is 209 Å². The van der Waals surface area contributed by atoms with Gasteiger partial charge in [-0.1, -0.05) is 158 Å². The number of fused-ring (bicyclic) bond motifs is 7. The summed E-state index contributed by atoms with van der Waals surface area (Å²) < 4.78 is 0. The monoisotopic (exact) mass is 703 g/mol. The number of anilines is 3. The second kappa shape index (κ2) is 13.1. The van der Waals surface area contributed by atoms with Crippen LogP contribution in [0.3, 0.4) is 0 Å². The van der Waals surface area contributed by atoms with Crippen LogP contribution in [0.25, 0.3) is 55.1 Å². The molecule has 1 heteroatoms. The van der Waals surface area contributed by atoms with Gasteiger partial charge in [0.25, 0.3) is 0 Å². The second-order valence-corrected chi connectivity index (χ2v) is 15.5. The van der Waals surface area contributed by atoms with Crippen molar-refractivity contribution in [2.24, 2.45) is 5.92 Å². The smallest absolute Gasteiger partial charge is 0.0574 e. The molecule has 2 unspecified atom stereocenters. The summed E-state index contributed by atoms with van der Waals surface area (Å²) in [5, 5.41) is 10.5. The lowest BCUT2D eigenvalue weighted by Gasteiger charge is -2.33. The van der Waals surface area contributed by atoms with Gasteiger partial charge in [0.1, 0.15) is 0 Å². The van der Waals surface area contributed by atoms with E-state index >= 15 is 0 Å². The quantitative estimate of drug-likeness (QED) is 0.161. The molecule has 0 bridgehead atoms. The van der Waals surface area contributed by atoms with Crippen LogP contribution in [-0.4, -0.2) is 0 Å². The zero-order chi connectivity index (χ0) is 36.3. The molecule has 0 fully saturated rings. The van der Waals surface area contributed by atoms with Gasteiger partial charge in [0.05, 0.1) is 5.69 Å². The first-order chi connectivity index (χ1) is 27.3. The molecule has 3 aliphatic rings. The van der Waals surface area contributed by atoms with E-state index in [1.807, 2.05) is 0 Å². The summed E-state index contributed by atoms with van der Waals surface area (Å²) in [5.41, 5.74) is 12.0. The van der Waals surface area contributed by atoms with Crippen LogP contribution in [0.5, 0.6) is 0 Å². The molecular weight excluding hydrogens is 663 g/mol. The van der Waals surface area contributed by atoms with Crippen LogP contribution in [0.15, 0.2) is 182 Å². The lowest BCUT2D eigenvalue weighted by atomic mass is 9.75. The Morgan fingerprint density at radius 2 is 1.16 bits per heavy atom. The number of allylic oxidation sites excluding steroid dienone is 4. The zero-order valence-electron chi connectivity index (χ0n) is 30.8. The maximum atomic E-state index is 2.55. The first-order valence-corrected chi connectivity index (χ1v) is 19.9. The molecule has 262 valence electrons. The Kier molecular flexibility index (Phi) is 7.66. The Morgan fingerprint density at radius 3 is 1.98 bits per heavy atom. The second-order valence-electron chi connectivity index (χ2n) is 15.5. The number of benzene rings is 8. The molecule has 2 atom stereocenters. The fourth-order valence-corrected chi connectivity index (χ4v) is 9.78. The fourth-order valence-electron chi connectivity index (χ4n) is 9.78. The van der Waals surface area contributed by atoms with Crippen molar-refractivity contribution in [3.8, 4) is 11.1 Å². The zero-order valence-corrected chi connectivity index (χ0v) is 30.8. The maximum Gasteiger partial charge on any atom is 0.0574 e. The van der Waals surface area contributed by atoms with Crippen LogP contribution in [0.4, 0.5) is 17.1 Å². The Bertz CT molecular complexity index is 2980. The van der Waals surface area contributed by atoms with Gasteiger partial charge in [0, 0.05) is 28.6 Å². The van der Waals surface area contributed by atoms with Crippen molar-refractivity contribution < 1.29 is 0 Å². The third-order valence-electron chi connectivity index (χ3n) is 12.4. The molecule has 0 heterocycles. The van der Waals surface area contributed by atoms with Crippen molar-refractivity contribution in [1.82, 2.24) is 0 Å². The normalized spacial score (nSPS) is 17.1. The van der Waals surface area contributed by atoms with Crippen LogP contribution in [0.2, 0.25) is 0 Å². The summed E-state index contributed by atoms with van der Waals surface area (Å²) >= 11 is 0. The minimum absolute atomic E-state index is 0.273. The van der Waals surface area contributed by atoms with E-state index in [1.54, 1.807) is 0 Å². The molecule has 8 aromatic rings. The predicted molar refractivity (Wildman–Crippen MR) is 234 cm³/mol. The van der Waals surface area contributed by atoms with Gasteiger partial charge in [-0.25, -0.2) is 0 Å². The van der Waals surface area contributed by atoms with Crippen LogP contribution in [-0.2, 0) is 12.8 Å². The summed E-state index contributed by atoms with van der Waals surface area (Å²) in [5.74, 6) is 0.598. The summed E-state index contributed by atoms with van der Waals surface area (Å²) in [7, 11) is 0. The number of aryl methyl sites for hydroxylation is 1. The van der Waals surface area contributed by atoms with Gasteiger partial charge >= 0.3 is 0 Å². The van der Waals surface area contributed by atoms with E-state index < -0.39 is 0 Å². The number of nitrogens with zero attached hydrogens (tertiary/aromatic N) is 1. The summed E-state index contributed by atoms with van der Waals surface area (Å²) in [6.45, 7) is 0. The molecule has 0 radical (unpaired) electrons. The minimum atomic E-state index is 0.273. The van der Waals surface area contributed by atoms with Crippen molar-refractivity contribution in [2.45, 2.75) is 31.6 Å². The third-order valence-corrected chi connectivity index (χ3v) is 12.4. The molecule has 0 spiro atoms. The standard InChI is InChI=1S/C54H41N/c1-5-17-44-40(15-1)34-52(50-23-11-9-21-48(44)50)36-25-29-42(30-26-36)55(54-46-19-7-3-13-38(46)33-39-14-4-8-20-47(39)54)43-31-27-37(28-32-43)53-35-41-16-2-6-18-45(41)49-22-10-12-24-51(49)53/h1-3,5-7,9-13,15-19,21-35,50,52H,4,8,14,20H2. The number of hydrogen-bond donors (Lipinski definition) is 0. The van der Waals surface area contributed by atoms with Crippen molar-refractivity contribution in [1.29, 1.82) is 0 Å². The number of rotatable bonds is 5. The molecule has 1 nitrogen and oxygen atoms in total. The topological polar surface area (TPSA) is 3.24 Å². The molecule has 8 aromatic carbocycles. The van der Waals surface area contributed by atoms with Crippen LogP contribution >= 0.6 is 0 Å². The maximum absolute atomic E-state index is 2.55. The average Bonchev–Trinajstić information content (AvgIpc) is 3.26. The van der Waals surface area contributed by atoms with Crippen molar-refractivity contribution in [3.63, 3.8) is 0 Å². The first-order valence-electron chi connectivity index (χ1n) is 19.9. The summed E-state index contributed by atoms with van der Waals surface area (Å²) in [6, 6.07) is 59.1. The van der Waals surface area contributed by atoms with E-state index in [2.05, 4.69) is 193 Å². The highest BCUT2D eigenvalue weighted by Crippen LogP contribution is 2.46. The molecule has 0 saturated heterocycles. The molecule has 0 aromatic heterocycles. The predicted octanol–water partition coefficient (Wildman–Crippen LogP) is 12.6. The van der Waals surface area contributed by atoms with E-state index in [1.165, 1.54) is 106 Å².